The van der Waals surface area contributed by atoms with Crippen LogP contribution in [0.15, 0.2) is 24.3 Å². The molecule has 1 fully saturated rings. The van der Waals surface area contributed by atoms with Crippen molar-refractivity contribution in [2.45, 2.75) is 32.4 Å². The summed E-state index contributed by atoms with van der Waals surface area (Å²) in [6.45, 7) is 2.55. The van der Waals surface area contributed by atoms with Crippen molar-refractivity contribution in [3.63, 3.8) is 0 Å². The summed E-state index contributed by atoms with van der Waals surface area (Å²) in [6, 6.07) is 7.95. The first-order valence-corrected chi connectivity index (χ1v) is 7.16. The van der Waals surface area contributed by atoms with E-state index in [-0.39, 0.29) is 17.9 Å². The van der Waals surface area contributed by atoms with Gasteiger partial charge in [-0.3, -0.25) is 9.59 Å². The van der Waals surface area contributed by atoms with Gasteiger partial charge < -0.3 is 15.2 Å². The summed E-state index contributed by atoms with van der Waals surface area (Å²) >= 11 is 0. The Hall–Kier alpha value is -2.30. The zero-order chi connectivity index (χ0) is 15.0. The fraction of sp³-hybridized carbons (Fsp3) is 0.375. The third kappa shape index (κ3) is 2.63. The number of nitrogens with one attached hydrogen (secondary N) is 2. The minimum atomic E-state index is -0.375. The number of hydrogen-bond donors (Lipinski definition) is 2. The largest absolute Gasteiger partial charge is 0.350 e. The number of fused-ring (bicyclic) bond motifs is 1. The molecule has 0 bridgehead atoms. The Morgan fingerprint density at radius 3 is 2.95 bits per heavy atom. The fourth-order valence-corrected chi connectivity index (χ4v) is 2.77. The van der Waals surface area contributed by atoms with E-state index in [1.807, 2.05) is 13.1 Å². The topological polar surface area (TPSA) is 63.1 Å². The summed E-state index contributed by atoms with van der Waals surface area (Å²) in [4.78, 5) is 23.1. The number of carbonyl (C=O) groups is 2. The maximum atomic E-state index is 12.0. The van der Waals surface area contributed by atoms with E-state index in [1.54, 1.807) is 0 Å². The second kappa shape index (κ2) is 5.24. The normalized spacial score (nSPS) is 18.0. The molecule has 0 spiro atoms. The molecule has 1 atom stereocenters. The summed E-state index contributed by atoms with van der Waals surface area (Å²) in [7, 11) is 2.04. The van der Waals surface area contributed by atoms with Crippen LogP contribution in [0.1, 0.15) is 24.1 Å². The second-order valence-electron chi connectivity index (χ2n) is 5.61. The van der Waals surface area contributed by atoms with E-state index in [4.69, 9.17) is 0 Å². The van der Waals surface area contributed by atoms with E-state index in [1.165, 1.54) is 16.6 Å². The Balaban J connectivity index is 1.68. The number of carbonyl (C=O) groups excluding carboxylic acids is 2. The van der Waals surface area contributed by atoms with Gasteiger partial charge in [0, 0.05) is 36.6 Å². The highest BCUT2D eigenvalue weighted by Gasteiger charge is 2.26. The molecule has 2 amide bonds. The van der Waals surface area contributed by atoms with Crippen LogP contribution in [-0.4, -0.2) is 22.4 Å². The van der Waals surface area contributed by atoms with Crippen LogP contribution in [0.2, 0.25) is 0 Å². The highest BCUT2D eigenvalue weighted by Crippen LogP contribution is 2.19. The van der Waals surface area contributed by atoms with E-state index in [0.29, 0.717) is 19.4 Å². The standard InChI is InChI=1S/C16H19N3O2/c1-10-7-12-8-11(3-5-14(12)19(10)2)9-17-16(21)13-4-6-15(20)18-13/h3,5,7-8,13H,4,6,9H2,1-2H3,(H,17,21)(H,18,20). The van der Waals surface area contributed by atoms with Crippen LogP contribution in [0.3, 0.4) is 0 Å². The van der Waals surface area contributed by atoms with E-state index in [0.717, 1.165) is 5.56 Å². The predicted octanol–water partition coefficient (Wildman–Crippen LogP) is 1.38. The molecular weight excluding hydrogens is 266 g/mol. The van der Waals surface area contributed by atoms with Gasteiger partial charge in [-0.25, -0.2) is 0 Å². The lowest BCUT2D eigenvalue weighted by Gasteiger charge is -2.11. The maximum absolute atomic E-state index is 12.0. The lowest BCUT2D eigenvalue weighted by molar-refractivity contribution is -0.125. The van der Waals surface area contributed by atoms with E-state index >= 15 is 0 Å². The van der Waals surface area contributed by atoms with Crippen LogP contribution in [-0.2, 0) is 23.2 Å². The maximum Gasteiger partial charge on any atom is 0.242 e. The molecule has 0 aliphatic carbocycles. The van der Waals surface area contributed by atoms with Gasteiger partial charge in [0.25, 0.3) is 0 Å². The zero-order valence-electron chi connectivity index (χ0n) is 12.3. The van der Waals surface area contributed by atoms with Gasteiger partial charge in [0.05, 0.1) is 0 Å². The van der Waals surface area contributed by atoms with Gasteiger partial charge in [-0.15, -0.1) is 0 Å². The molecule has 2 heterocycles. The summed E-state index contributed by atoms with van der Waals surface area (Å²) in [5, 5.41) is 6.74. The van der Waals surface area contributed by atoms with Crippen molar-refractivity contribution >= 4 is 22.7 Å². The molecule has 1 aliphatic heterocycles. The van der Waals surface area contributed by atoms with Crippen LogP contribution in [0.4, 0.5) is 0 Å². The lowest BCUT2D eigenvalue weighted by Crippen LogP contribution is -2.41. The molecule has 1 aromatic heterocycles. The van der Waals surface area contributed by atoms with E-state index in [9.17, 15) is 9.59 Å². The third-order valence-corrected chi connectivity index (χ3v) is 4.13. The second-order valence-corrected chi connectivity index (χ2v) is 5.61. The molecule has 1 unspecified atom stereocenters. The molecule has 0 radical (unpaired) electrons. The quantitative estimate of drug-likeness (QED) is 0.895. The van der Waals surface area contributed by atoms with Crippen molar-refractivity contribution in [2.24, 2.45) is 7.05 Å². The summed E-state index contributed by atoms with van der Waals surface area (Å²) < 4.78 is 2.14. The molecule has 0 saturated carbocycles. The van der Waals surface area contributed by atoms with Crippen molar-refractivity contribution in [2.75, 3.05) is 0 Å². The Kier molecular flexibility index (Phi) is 3.41. The highest BCUT2D eigenvalue weighted by atomic mass is 16.2. The summed E-state index contributed by atoms with van der Waals surface area (Å²) in [5.74, 6) is -0.151. The van der Waals surface area contributed by atoms with Crippen LogP contribution in [0.25, 0.3) is 10.9 Å². The molecule has 110 valence electrons. The van der Waals surface area contributed by atoms with Gasteiger partial charge >= 0.3 is 0 Å². The monoisotopic (exact) mass is 285 g/mol. The minimum absolute atomic E-state index is 0.0451. The first kappa shape index (κ1) is 13.7. The van der Waals surface area contributed by atoms with Crippen molar-refractivity contribution in [3.8, 4) is 0 Å². The predicted molar refractivity (Wildman–Crippen MR) is 80.7 cm³/mol. The molecule has 2 aromatic rings. The molecule has 5 heteroatoms. The van der Waals surface area contributed by atoms with Crippen LogP contribution in [0.5, 0.6) is 0 Å². The van der Waals surface area contributed by atoms with E-state index in [2.05, 4.69) is 40.3 Å². The van der Waals surface area contributed by atoms with Crippen LogP contribution >= 0.6 is 0 Å². The van der Waals surface area contributed by atoms with Gasteiger partial charge in [0.1, 0.15) is 6.04 Å². The third-order valence-electron chi connectivity index (χ3n) is 4.13. The Morgan fingerprint density at radius 2 is 2.24 bits per heavy atom. The molecule has 21 heavy (non-hydrogen) atoms. The summed E-state index contributed by atoms with van der Waals surface area (Å²) in [5.41, 5.74) is 3.45. The molecule has 2 N–H and O–H groups in total. The Morgan fingerprint density at radius 1 is 1.43 bits per heavy atom. The SMILES string of the molecule is Cc1cc2cc(CNC(=O)C3CCC(=O)N3)ccc2n1C. The van der Waals surface area contributed by atoms with Gasteiger partial charge in [-0.1, -0.05) is 6.07 Å². The number of hydrogen-bond acceptors (Lipinski definition) is 2. The van der Waals surface area contributed by atoms with Crippen molar-refractivity contribution in [3.05, 3.63) is 35.5 Å². The first-order chi connectivity index (χ1) is 10.0. The van der Waals surface area contributed by atoms with Crippen LogP contribution < -0.4 is 10.6 Å². The van der Waals surface area contributed by atoms with Gasteiger partial charge in [0.2, 0.25) is 11.8 Å². The number of nitrogens with zero attached hydrogens (tertiary/aromatic N) is 1. The van der Waals surface area contributed by atoms with E-state index < -0.39 is 0 Å². The molecule has 1 aromatic carbocycles. The molecule has 3 rings (SSSR count). The van der Waals surface area contributed by atoms with Crippen molar-refractivity contribution in [1.82, 2.24) is 15.2 Å². The van der Waals surface area contributed by atoms with Gasteiger partial charge in [-0.05, 0) is 37.1 Å². The van der Waals surface area contributed by atoms with Crippen LogP contribution in [0, 0.1) is 6.92 Å². The smallest absolute Gasteiger partial charge is 0.242 e. The highest BCUT2D eigenvalue weighted by molar-refractivity contribution is 5.90. The number of amides is 2. The molecular formula is C16H19N3O2. The van der Waals surface area contributed by atoms with Crippen molar-refractivity contribution < 1.29 is 9.59 Å². The number of rotatable bonds is 3. The minimum Gasteiger partial charge on any atom is -0.350 e. The van der Waals surface area contributed by atoms with Crippen molar-refractivity contribution in [1.29, 1.82) is 0 Å². The lowest BCUT2D eigenvalue weighted by atomic mass is 10.1. The van der Waals surface area contributed by atoms with Gasteiger partial charge in [0.15, 0.2) is 0 Å². The zero-order valence-corrected chi connectivity index (χ0v) is 12.3. The number of aromatic nitrogens is 1. The fourth-order valence-electron chi connectivity index (χ4n) is 2.77. The summed E-state index contributed by atoms with van der Waals surface area (Å²) in [6.07, 6.45) is 1.02. The average molecular weight is 285 g/mol. The number of aryl methyl sites for hydroxylation is 2. The average Bonchev–Trinajstić information content (AvgIpc) is 3.01. The Labute approximate surface area is 123 Å². The first-order valence-electron chi connectivity index (χ1n) is 7.16. The molecule has 5 nitrogen and oxygen atoms in total. The van der Waals surface area contributed by atoms with Gasteiger partial charge in [-0.2, -0.15) is 0 Å². The molecule has 1 saturated heterocycles. The Bertz CT molecular complexity index is 718. The molecule has 1 aliphatic rings. The number of benzene rings is 1.